The number of amides is 1. The van der Waals surface area contributed by atoms with E-state index in [0.29, 0.717) is 11.3 Å². The van der Waals surface area contributed by atoms with Crippen LogP contribution in [0, 0.1) is 0 Å². The summed E-state index contributed by atoms with van der Waals surface area (Å²) in [5.41, 5.74) is 2.21. The van der Waals surface area contributed by atoms with Crippen LogP contribution in [0.4, 0.5) is 0 Å². The van der Waals surface area contributed by atoms with E-state index >= 15 is 0 Å². The quantitative estimate of drug-likeness (QED) is 0.492. The summed E-state index contributed by atoms with van der Waals surface area (Å²) >= 11 is 1.41. The smallest absolute Gasteiger partial charge is 0.270 e. The van der Waals surface area contributed by atoms with Crippen LogP contribution in [0.5, 0.6) is 0 Å². The summed E-state index contributed by atoms with van der Waals surface area (Å²) in [6.07, 6.45) is 7.39. The second-order valence-electron chi connectivity index (χ2n) is 6.84. The number of thioether (sulfide) groups is 1. The van der Waals surface area contributed by atoms with E-state index < -0.39 is 0 Å². The molecule has 4 rings (SSSR count). The molecule has 1 aliphatic rings. The van der Waals surface area contributed by atoms with Crippen molar-refractivity contribution in [2.45, 2.75) is 24.5 Å². The number of Topliss-reactive ketones (excluding diaryl/α,β-unsaturated/α-hetero) is 1. The number of hydrogen-bond donors (Lipinski definition) is 1. The van der Waals surface area contributed by atoms with Gasteiger partial charge >= 0.3 is 0 Å². The Bertz CT molecular complexity index is 958. The van der Waals surface area contributed by atoms with E-state index in [2.05, 4.69) is 22.1 Å². The Morgan fingerprint density at radius 2 is 1.93 bits per heavy atom. The van der Waals surface area contributed by atoms with Crippen LogP contribution >= 0.6 is 11.8 Å². The van der Waals surface area contributed by atoms with Crippen LogP contribution in [-0.2, 0) is 6.54 Å². The summed E-state index contributed by atoms with van der Waals surface area (Å²) < 4.78 is 2.03. The van der Waals surface area contributed by atoms with Crippen molar-refractivity contribution in [2.24, 2.45) is 0 Å². The fourth-order valence-electron chi connectivity index (χ4n) is 3.32. The van der Waals surface area contributed by atoms with Gasteiger partial charge in [0, 0.05) is 43.8 Å². The van der Waals surface area contributed by atoms with Gasteiger partial charge in [-0.1, -0.05) is 42.1 Å². The number of carbonyl (C=O) groups is 2. The topological polar surface area (TPSA) is 71.0 Å². The van der Waals surface area contributed by atoms with Crippen molar-refractivity contribution in [2.75, 3.05) is 18.8 Å². The van der Waals surface area contributed by atoms with Crippen molar-refractivity contribution < 1.29 is 9.59 Å². The molecule has 3 aromatic rings. The molecule has 7 heteroatoms. The van der Waals surface area contributed by atoms with Gasteiger partial charge in [-0.25, -0.2) is 4.98 Å². The average Bonchev–Trinajstić information content (AvgIpc) is 3.48. The first-order valence-corrected chi connectivity index (χ1v) is 10.4. The van der Waals surface area contributed by atoms with Crippen LogP contribution in [-0.4, -0.2) is 50.0 Å². The lowest BCUT2D eigenvalue weighted by atomic mass is 10.2. The summed E-state index contributed by atoms with van der Waals surface area (Å²) in [4.78, 5) is 34.1. The Balaban J connectivity index is 1.36. The predicted octanol–water partition coefficient (Wildman–Crippen LogP) is 3.47. The van der Waals surface area contributed by atoms with Gasteiger partial charge in [0.15, 0.2) is 10.9 Å². The van der Waals surface area contributed by atoms with Crippen LogP contribution in [0.2, 0.25) is 0 Å². The van der Waals surface area contributed by atoms with Gasteiger partial charge in [-0.3, -0.25) is 9.59 Å². The Hall–Kier alpha value is -2.80. The number of H-pyrrole nitrogens is 1. The highest BCUT2D eigenvalue weighted by atomic mass is 32.2. The minimum atomic E-state index is -0.0254. The molecule has 0 atom stereocenters. The molecule has 0 spiro atoms. The lowest BCUT2D eigenvalue weighted by Crippen LogP contribution is -2.27. The predicted molar refractivity (Wildman–Crippen MR) is 109 cm³/mol. The number of likely N-dealkylation sites (tertiary alicyclic amines) is 1. The highest BCUT2D eigenvalue weighted by Gasteiger charge is 2.22. The molecule has 1 N–H and O–H groups in total. The SMILES string of the molecule is O=C(CSc1nccn1Cc1ccccc1)c1c[nH]c(C(=O)N2CCCC2)c1. The van der Waals surface area contributed by atoms with Crippen LogP contribution < -0.4 is 0 Å². The van der Waals surface area contributed by atoms with Gasteiger partial charge in [-0.05, 0) is 24.5 Å². The van der Waals surface area contributed by atoms with Crippen molar-refractivity contribution in [1.82, 2.24) is 19.4 Å². The average molecular weight is 395 g/mol. The fourth-order valence-corrected chi connectivity index (χ4v) is 4.17. The maximum Gasteiger partial charge on any atom is 0.270 e. The molecule has 6 nitrogen and oxygen atoms in total. The first kappa shape index (κ1) is 18.6. The van der Waals surface area contributed by atoms with Crippen LogP contribution in [0.25, 0.3) is 0 Å². The molecule has 1 saturated heterocycles. The number of nitrogens with zero attached hydrogens (tertiary/aromatic N) is 3. The first-order valence-electron chi connectivity index (χ1n) is 9.39. The number of benzene rings is 1. The van der Waals surface area contributed by atoms with Crippen LogP contribution in [0.3, 0.4) is 0 Å². The van der Waals surface area contributed by atoms with E-state index in [0.717, 1.165) is 37.6 Å². The van der Waals surface area contributed by atoms with Gasteiger partial charge in [0.2, 0.25) is 0 Å². The monoisotopic (exact) mass is 394 g/mol. The van der Waals surface area contributed by atoms with Crippen molar-refractivity contribution in [3.63, 3.8) is 0 Å². The Kier molecular flexibility index (Phi) is 5.62. The van der Waals surface area contributed by atoms with Crippen molar-refractivity contribution in [1.29, 1.82) is 0 Å². The van der Waals surface area contributed by atoms with Crippen LogP contribution in [0.1, 0.15) is 39.3 Å². The molecule has 0 radical (unpaired) electrons. The molecule has 2 aromatic heterocycles. The third-order valence-electron chi connectivity index (χ3n) is 4.83. The standard InChI is InChI=1S/C21H22N4O2S/c26-19(17-12-18(23-13-17)20(27)24-9-4-5-10-24)15-28-21-22-8-11-25(21)14-16-6-2-1-3-7-16/h1-3,6-8,11-13,23H,4-5,9-10,14-15H2. The van der Waals surface area contributed by atoms with E-state index in [4.69, 9.17) is 0 Å². The number of ketones is 1. The summed E-state index contributed by atoms with van der Waals surface area (Å²) in [5.74, 6) is 0.236. The lowest BCUT2D eigenvalue weighted by Gasteiger charge is -2.13. The molecular formula is C21H22N4O2S. The summed E-state index contributed by atoms with van der Waals surface area (Å²) in [6, 6.07) is 11.8. The van der Waals surface area contributed by atoms with Gasteiger partial charge in [0.1, 0.15) is 5.69 Å². The Labute approximate surface area is 168 Å². The van der Waals surface area contributed by atoms with Crippen molar-refractivity contribution in [3.8, 4) is 0 Å². The minimum Gasteiger partial charge on any atom is -0.356 e. The zero-order valence-corrected chi connectivity index (χ0v) is 16.3. The Morgan fingerprint density at radius 3 is 2.71 bits per heavy atom. The second kappa shape index (κ2) is 8.48. The molecule has 0 saturated carbocycles. The second-order valence-corrected chi connectivity index (χ2v) is 7.78. The number of carbonyl (C=O) groups excluding carboxylic acids is 2. The third kappa shape index (κ3) is 4.20. The van der Waals surface area contributed by atoms with Gasteiger partial charge in [-0.2, -0.15) is 0 Å². The molecule has 0 bridgehead atoms. The van der Waals surface area contributed by atoms with Crippen molar-refractivity contribution in [3.05, 3.63) is 71.8 Å². The molecule has 1 aromatic carbocycles. The first-order chi connectivity index (χ1) is 13.7. The fraction of sp³-hybridized carbons (Fsp3) is 0.286. The number of aromatic amines is 1. The third-order valence-corrected chi connectivity index (χ3v) is 5.84. The van der Waals surface area contributed by atoms with Gasteiger partial charge in [0.05, 0.1) is 5.75 Å². The zero-order chi connectivity index (χ0) is 19.3. The van der Waals surface area contributed by atoms with E-state index in [1.54, 1.807) is 18.5 Å². The number of imidazole rings is 1. The van der Waals surface area contributed by atoms with Crippen molar-refractivity contribution >= 4 is 23.5 Å². The number of nitrogens with one attached hydrogen (secondary N) is 1. The molecule has 0 aliphatic carbocycles. The molecule has 1 aliphatic heterocycles. The van der Waals surface area contributed by atoms with Gasteiger partial charge in [-0.15, -0.1) is 0 Å². The maximum atomic E-state index is 12.6. The number of hydrogen-bond acceptors (Lipinski definition) is 4. The summed E-state index contributed by atoms with van der Waals surface area (Å²) in [6.45, 7) is 2.30. The van der Waals surface area contributed by atoms with E-state index in [1.165, 1.54) is 17.3 Å². The molecule has 1 fully saturated rings. The molecule has 144 valence electrons. The highest BCUT2D eigenvalue weighted by molar-refractivity contribution is 7.99. The lowest BCUT2D eigenvalue weighted by molar-refractivity contribution is 0.0787. The minimum absolute atomic E-state index is 0.0176. The molecule has 1 amide bonds. The number of rotatable bonds is 7. The molecule has 28 heavy (non-hydrogen) atoms. The van der Waals surface area contributed by atoms with E-state index in [-0.39, 0.29) is 17.4 Å². The summed E-state index contributed by atoms with van der Waals surface area (Å²) in [7, 11) is 0. The molecular weight excluding hydrogens is 372 g/mol. The van der Waals surface area contributed by atoms with E-state index in [1.807, 2.05) is 33.9 Å². The number of aromatic nitrogens is 3. The summed E-state index contributed by atoms with van der Waals surface area (Å²) in [5, 5.41) is 0.807. The van der Waals surface area contributed by atoms with Gasteiger partial charge in [0.25, 0.3) is 5.91 Å². The maximum absolute atomic E-state index is 12.6. The molecule has 3 heterocycles. The highest BCUT2D eigenvalue weighted by Crippen LogP contribution is 2.20. The van der Waals surface area contributed by atoms with E-state index in [9.17, 15) is 9.59 Å². The normalized spacial score (nSPS) is 13.8. The Morgan fingerprint density at radius 1 is 1.14 bits per heavy atom. The largest absolute Gasteiger partial charge is 0.356 e. The zero-order valence-electron chi connectivity index (χ0n) is 15.5. The van der Waals surface area contributed by atoms with Crippen LogP contribution in [0.15, 0.2) is 60.1 Å². The molecule has 0 unspecified atom stereocenters. The van der Waals surface area contributed by atoms with Gasteiger partial charge < -0.3 is 14.5 Å².